The smallest absolute Gasteiger partial charge is 0.328 e. The molecule has 0 radical (unpaired) electrons. The highest BCUT2D eigenvalue weighted by molar-refractivity contribution is 5.85. The van der Waals surface area contributed by atoms with Gasteiger partial charge < -0.3 is 14.6 Å². The van der Waals surface area contributed by atoms with E-state index in [1.807, 2.05) is 18.2 Å². The van der Waals surface area contributed by atoms with E-state index in [1.165, 1.54) is 25.7 Å². The number of aliphatic carboxylic acids is 1. The van der Waals surface area contributed by atoms with Crippen LogP contribution in [0.1, 0.15) is 36.8 Å². The second-order valence-electron chi connectivity index (χ2n) is 5.41. The van der Waals surface area contributed by atoms with E-state index in [9.17, 15) is 4.79 Å². The van der Waals surface area contributed by atoms with E-state index in [2.05, 4.69) is 0 Å². The van der Waals surface area contributed by atoms with E-state index in [1.54, 1.807) is 13.2 Å². The van der Waals surface area contributed by atoms with E-state index in [-0.39, 0.29) is 0 Å². The van der Waals surface area contributed by atoms with Crippen LogP contribution >= 0.6 is 0 Å². The van der Waals surface area contributed by atoms with Crippen LogP contribution in [0.5, 0.6) is 5.75 Å². The lowest BCUT2D eigenvalue weighted by Gasteiger charge is -2.11. The van der Waals surface area contributed by atoms with Crippen LogP contribution in [-0.2, 0) is 16.1 Å². The first-order chi connectivity index (χ1) is 10.2. The zero-order chi connectivity index (χ0) is 15.1. The number of carboxylic acids is 1. The maximum Gasteiger partial charge on any atom is 0.328 e. The van der Waals surface area contributed by atoms with Gasteiger partial charge in [0.1, 0.15) is 5.75 Å². The number of rotatable bonds is 7. The monoisotopic (exact) mass is 290 g/mol. The van der Waals surface area contributed by atoms with Gasteiger partial charge in [0.05, 0.1) is 13.7 Å². The van der Waals surface area contributed by atoms with Crippen LogP contribution in [0.15, 0.2) is 24.3 Å². The molecule has 1 aliphatic carbocycles. The van der Waals surface area contributed by atoms with Crippen LogP contribution in [0.25, 0.3) is 6.08 Å². The molecule has 0 atom stereocenters. The Morgan fingerprint density at radius 1 is 1.38 bits per heavy atom. The molecule has 2 rings (SSSR count). The molecule has 1 aromatic rings. The van der Waals surface area contributed by atoms with Gasteiger partial charge in [-0.15, -0.1) is 0 Å². The van der Waals surface area contributed by atoms with Crippen LogP contribution < -0.4 is 4.74 Å². The molecule has 1 N–H and O–H groups in total. The van der Waals surface area contributed by atoms with Gasteiger partial charge in [-0.25, -0.2) is 4.79 Å². The summed E-state index contributed by atoms with van der Waals surface area (Å²) in [6.45, 7) is 1.36. The lowest BCUT2D eigenvalue weighted by atomic mass is 10.1. The van der Waals surface area contributed by atoms with Crippen molar-refractivity contribution in [2.45, 2.75) is 32.3 Å². The molecule has 114 valence electrons. The van der Waals surface area contributed by atoms with Crippen LogP contribution in [0.4, 0.5) is 0 Å². The maximum atomic E-state index is 10.6. The molecule has 0 aliphatic heterocycles. The average molecular weight is 290 g/mol. The van der Waals surface area contributed by atoms with Gasteiger partial charge in [0, 0.05) is 18.2 Å². The average Bonchev–Trinajstić information content (AvgIpc) is 2.98. The molecular formula is C17H22O4. The Hall–Kier alpha value is -1.81. The molecule has 0 spiro atoms. The van der Waals surface area contributed by atoms with Gasteiger partial charge in [-0.2, -0.15) is 0 Å². The number of benzene rings is 1. The first kappa shape index (κ1) is 15.6. The molecule has 0 heterocycles. The minimum Gasteiger partial charge on any atom is -0.496 e. The van der Waals surface area contributed by atoms with Crippen molar-refractivity contribution in [1.82, 2.24) is 0 Å². The van der Waals surface area contributed by atoms with Crippen LogP contribution in [0, 0.1) is 5.92 Å². The minimum absolute atomic E-state index is 0.550. The van der Waals surface area contributed by atoms with Crippen molar-refractivity contribution in [3.8, 4) is 5.75 Å². The van der Waals surface area contributed by atoms with Crippen molar-refractivity contribution in [2.24, 2.45) is 5.92 Å². The summed E-state index contributed by atoms with van der Waals surface area (Å²) in [6.07, 6.45) is 7.84. The summed E-state index contributed by atoms with van der Waals surface area (Å²) in [4.78, 5) is 10.6. The van der Waals surface area contributed by atoms with Crippen LogP contribution in [0.2, 0.25) is 0 Å². The molecule has 0 aromatic heterocycles. The zero-order valence-electron chi connectivity index (χ0n) is 12.4. The molecule has 0 unspecified atom stereocenters. The highest BCUT2D eigenvalue weighted by atomic mass is 16.5. The second kappa shape index (κ2) is 7.84. The summed E-state index contributed by atoms with van der Waals surface area (Å²) in [7, 11) is 1.57. The lowest BCUT2D eigenvalue weighted by Crippen LogP contribution is -2.05. The van der Waals surface area contributed by atoms with Gasteiger partial charge in [-0.1, -0.05) is 18.9 Å². The van der Waals surface area contributed by atoms with Crippen molar-refractivity contribution in [3.63, 3.8) is 0 Å². The third-order valence-corrected chi connectivity index (χ3v) is 3.80. The van der Waals surface area contributed by atoms with E-state index >= 15 is 0 Å². The lowest BCUT2D eigenvalue weighted by molar-refractivity contribution is -0.131. The number of carboxylic acid groups (broad SMARTS) is 1. The van der Waals surface area contributed by atoms with Gasteiger partial charge in [0.15, 0.2) is 0 Å². The van der Waals surface area contributed by atoms with Crippen LogP contribution in [-0.4, -0.2) is 24.8 Å². The molecule has 1 aliphatic rings. The fourth-order valence-electron chi connectivity index (χ4n) is 2.69. The minimum atomic E-state index is -0.972. The molecule has 0 bridgehead atoms. The molecule has 0 amide bonds. The summed E-state index contributed by atoms with van der Waals surface area (Å²) < 4.78 is 11.0. The van der Waals surface area contributed by atoms with E-state index in [4.69, 9.17) is 14.6 Å². The molecule has 0 saturated heterocycles. The number of methoxy groups -OCH3 is 1. The summed E-state index contributed by atoms with van der Waals surface area (Å²) >= 11 is 0. The van der Waals surface area contributed by atoms with E-state index in [0.717, 1.165) is 23.8 Å². The summed E-state index contributed by atoms with van der Waals surface area (Å²) in [5, 5.41) is 8.72. The van der Waals surface area contributed by atoms with Crippen molar-refractivity contribution in [2.75, 3.05) is 13.7 Å². The largest absolute Gasteiger partial charge is 0.496 e. The van der Waals surface area contributed by atoms with Crippen molar-refractivity contribution in [3.05, 3.63) is 35.4 Å². The predicted octanol–water partition coefficient (Wildman–Crippen LogP) is 3.50. The molecular weight excluding hydrogens is 268 g/mol. The molecule has 4 nitrogen and oxygen atoms in total. The SMILES string of the molecule is COc1ccc(COCC2CCCC2)cc1C=CC(=O)O. The quantitative estimate of drug-likeness (QED) is 0.781. The Morgan fingerprint density at radius 3 is 2.81 bits per heavy atom. The van der Waals surface area contributed by atoms with Crippen LogP contribution in [0.3, 0.4) is 0 Å². The topological polar surface area (TPSA) is 55.8 Å². The maximum absolute atomic E-state index is 10.6. The molecule has 21 heavy (non-hydrogen) atoms. The van der Waals surface area contributed by atoms with E-state index in [0.29, 0.717) is 18.3 Å². The second-order valence-corrected chi connectivity index (χ2v) is 5.41. The van der Waals surface area contributed by atoms with E-state index < -0.39 is 5.97 Å². The summed E-state index contributed by atoms with van der Waals surface area (Å²) in [5.41, 5.74) is 1.78. The summed E-state index contributed by atoms with van der Waals surface area (Å²) in [6, 6.07) is 5.70. The Balaban J connectivity index is 1.95. The fourth-order valence-corrected chi connectivity index (χ4v) is 2.69. The van der Waals surface area contributed by atoms with Crippen molar-refractivity contribution >= 4 is 12.0 Å². The fraction of sp³-hybridized carbons (Fsp3) is 0.471. The van der Waals surface area contributed by atoms with Gasteiger partial charge in [0.25, 0.3) is 0 Å². The van der Waals surface area contributed by atoms with Gasteiger partial charge >= 0.3 is 5.97 Å². The van der Waals surface area contributed by atoms with Crippen molar-refractivity contribution < 1.29 is 19.4 Å². The molecule has 1 saturated carbocycles. The normalized spacial score (nSPS) is 15.7. The predicted molar refractivity (Wildman–Crippen MR) is 81.3 cm³/mol. The third kappa shape index (κ3) is 4.90. The Morgan fingerprint density at radius 2 is 2.14 bits per heavy atom. The van der Waals surface area contributed by atoms with Gasteiger partial charge in [0.2, 0.25) is 0 Å². The van der Waals surface area contributed by atoms with Gasteiger partial charge in [-0.3, -0.25) is 0 Å². The summed E-state index contributed by atoms with van der Waals surface area (Å²) in [5.74, 6) is 0.390. The Labute approximate surface area is 125 Å². The Bertz CT molecular complexity index is 502. The Kier molecular flexibility index (Phi) is 5.81. The first-order valence-corrected chi connectivity index (χ1v) is 7.34. The third-order valence-electron chi connectivity index (χ3n) is 3.80. The molecule has 4 heteroatoms. The first-order valence-electron chi connectivity index (χ1n) is 7.34. The number of carbonyl (C=O) groups is 1. The highest BCUT2D eigenvalue weighted by Crippen LogP contribution is 2.26. The number of hydrogen-bond acceptors (Lipinski definition) is 3. The molecule has 1 aromatic carbocycles. The standard InChI is InChI=1S/C17H22O4/c1-20-16-8-6-14(10-15(16)7-9-17(18)19)12-21-11-13-4-2-3-5-13/h6-10,13H,2-5,11-12H2,1H3,(H,18,19). The van der Waals surface area contributed by atoms with Crippen molar-refractivity contribution in [1.29, 1.82) is 0 Å². The molecule has 1 fully saturated rings. The highest BCUT2D eigenvalue weighted by Gasteiger charge is 2.14. The number of hydrogen-bond donors (Lipinski definition) is 1. The number of ether oxygens (including phenoxy) is 2. The zero-order valence-corrected chi connectivity index (χ0v) is 12.4. The van der Waals surface area contributed by atoms with Gasteiger partial charge in [-0.05, 0) is 42.5 Å².